The quantitative estimate of drug-likeness (QED) is 0.745. The van der Waals surface area contributed by atoms with E-state index in [0.717, 1.165) is 35.3 Å². The Balaban J connectivity index is 1.83. The van der Waals surface area contributed by atoms with Gasteiger partial charge in [-0.2, -0.15) is 0 Å². The van der Waals surface area contributed by atoms with Crippen LogP contribution in [0.5, 0.6) is 0 Å². The van der Waals surface area contributed by atoms with Crippen molar-refractivity contribution in [1.29, 1.82) is 0 Å². The monoisotopic (exact) mass is 319 g/mol. The summed E-state index contributed by atoms with van der Waals surface area (Å²) in [4.78, 5) is 15.4. The molecule has 0 bridgehead atoms. The Labute approximate surface area is 142 Å². The number of anilines is 3. The zero-order chi connectivity index (χ0) is 16.8. The predicted octanol–water partition coefficient (Wildman–Crippen LogP) is 3.95. The molecule has 5 nitrogen and oxygen atoms in total. The molecule has 1 N–H and O–H groups in total. The molecule has 122 valence electrons. The zero-order valence-electron chi connectivity index (χ0n) is 14.0. The van der Waals surface area contributed by atoms with Gasteiger partial charge >= 0.3 is 0 Å². The first kappa shape index (κ1) is 15.9. The molecular formula is C19H21N5. The lowest BCUT2D eigenvalue weighted by molar-refractivity contribution is 0.945. The summed E-state index contributed by atoms with van der Waals surface area (Å²) < 4.78 is 0. The van der Waals surface area contributed by atoms with Gasteiger partial charge in [-0.3, -0.25) is 4.98 Å². The molecule has 0 saturated carbocycles. The maximum absolute atomic E-state index is 4.60. The van der Waals surface area contributed by atoms with E-state index >= 15 is 0 Å². The Bertz CT molecular complexity index is 774. The van der Waals surface area contributed by atoms with E-state index in [1.54, 1.807) is 6.20 Å². The number of aryl methyl sites for hydroxylation is 1. The lowest BCUT2D eigenvalue weighted by Gasteiger charge is -2.23. The van der Waals surface area contributed by atoms with Crippen LogP contribution in [0.1, 0.15) is 18.3 Å². The molecule has 0 spiro atoms. The molecule has 0 radical (unpaired) electrons. The first-order valence-corrected chi connectivity index (χ1v) is 8.07. The molecule has 3 aromatic rings. The smallest absolute Gasteiger partial charge is 0.138 e. The van der Waals surface area contributed by atoms with E-state index in [4.69, 9.17) is 0 Å². The highest BCUT2D eigenvalue weighted by Crippen LogP contribution is 2.24. The highest BCUT2D eigenvalue weighted by Gasteiger charge is 2.11. The topological polar surface area (TPSA) is 53.9 Å². The van der Waals surface area contributed by atoms with Gasteiger partial charge in [0.15, 0.2) is 0 Å². The van der Waals surface area contributed by atoms with Crippen molar-refractivity contribution in [2.45, 2.75) is 20.4 Å². The molecule has 3 rings (SSSR count). The minimum atomic E-state index is 0.682. The van der Waals surface area contributed by atoms with Gasteiger partial charge in [0.05, 0.1) is 0 Å². The number of hydrogen-bond acceptors (Lipinski definition) is 5. The fourth-order valence-electron chi connectivity index (χ4n) is 2.56. The summed E-state index contributed by atoms with van der Waals surface area (Å²) in [6, 6.07) is 16.2. The molecule has 5 heteroatoms. The van der Waals surface area contributed by atoms with Gasteiger partial charge < -0.3 is 10.2 Å². The van der Waals surface area contributed by atoms with Crippen LogP contribution >= 0.6 is 0 Å². The van der Waals surface area contributed by atoms with Crippen LogP contribution in [-0.2, 0) is 6.54 Å². The van der Waals surface area contributed by atoms with Gasteiger partial charge in [0, 0.05) is 37.2 Å². The van der Waals surface area contributed by atoms with E-state index in [9.17, 15) is 0 Å². The average Bonchev–Trinajstić information content (AvgIpc) is 2.62. The molecule has 0 atom stereocenters. The number of benzene rings is 1. The standard InChI is InChI=1S/C19H21N5/c1-3-24(17-9-5-4-6-10-17)19-12-18(22-15(2)23-19)21-14-16-8-7-11-20-13-16/h4-13H,3,14H2,1-2H3,(H,21,22,23). The fourth-order valence-corrected chi connectivity index (χ4v) is 2.56. The minimum absolute atomic E-state index is 0.682. The number of rotatable bonds is 6. The van der Waals surface area contributed by atoms with Gasteiger partial charge in [0.25, 0.3) is 0 Å². The SMILES string of the molecule is CCN(c1ccccc1)c1cc(NCc2cccnc2)nc(C)n1. The Morgan fingerprint density at radius 1 is 1.04 bits per heavy atom. The largest absolute Gasteiger partial charge is 0.366 e. The van der Waals surface area contributed by atoms with E-state index in [1.807, 2.05) is 49.5 Å². The second-order valence-corrected chi connectivity index (χ2v) is 5.45. The lowest BCUT2D eigenvalue weighted by Crippen LogP contribution is -2.18. The highest BCUT2D eigenvalue weighted by molar-refractivity contribution is 5.62. The molecule has 0 aliphatic carbocycles. The van der Waals surface area contributed by atoms with Crippen LogP contribution in [-0.4, -0.2) is 21.5 Å². The van der Waals surface area contributed by atoms with E-state index in [2.05, 4.69) is 44.2 Å². The van der Waals surface area contributed by atoms with Crippen molar-refractivity contribution >= 4 is 17.3 Å². The number of nitrogens with zero attached hydrogens (tertiary/aromatic N) is 4. The number of nitrogens with one attached hydrogen (secondary N) is 1. The van der Waals surface area contributed by atoms with Crippen molar-refractivity contribution < 1.29 is 0 Å². The van der Waals surface area contributed by atoms with Gasteiger partial charge in [-0.15, -0.1) is 0 Å². The van der Waals surface area contributed by atoms with Gasteiger partial charge in [0.1, 0.15) is 17.5 Å². The normalized spacial score (nSPS) is 10.4. The Morgan fingerprint density at radius 3 is 2.58 bits per heavy atom. The van der Waals surface area contributed by atoms with E-state index < -0.39 is 0 Å². The summed E-state index contributed by atoms with van der Waals surface area (Å²) in [5.41, 5.74) is 2.24. The van der Waals surface area contributed by atoms with E-state index in [-0.39, 0.29) is 0 Å². The van der Waals surface area contributed by atoms with Crippen molar-refractivity contribution in [3.8, 4) is 0 Å². The molecule has 0 fully saturated rings. The number of hydrogen-bond donors (Lipinski definition) is 1. The maximum Gasteiger partial charge on any atom is 0.138 e. The maximum atomic E-state index is 4.60. The first-order valence-electron chi connectivity index (χ1n) is 8.07. The van der Waals surface area contributed by atoms with Gasteiger partial charge in [-0.1, -0.05) is 24.3 Å². The van der Waals surface area contributed by atoms with Crippen LogP contribution in [0.25, 0.3) is 0 Å². The predicted molar refractivity (Wildman–Crippen MR) is 97.5 cm³/mol. The fraction of sp³-hybridized carbons (Fsp3) is 0.211. The van der Waals surface area contributed by atoms with Crippen molar-refractivity contribution in [2.75, 3.05) is 16.8 Å². The second kappa shape index (κ2) is 7.55. The molecule has 2 heterocycles. The molecule has 2 aromatic heterocycles. The minimum Gasteiger partial charge on any atom is -0.366 e. The third-order valence-electron chi connectivity index (χ3n) is 3.68. The van der Waals surface area contributed by atoms with Gasteiger partial charge in [-0.05, 0) is 37.6 Å². The molecule has 0 unspecified atom stereocenters. The van der Waals surface area contributed by atoms with Crippen LogP contribution in [0.15, 0.2) is 60.9 Å². The van der Waals surface area contributed by atoms with E-state index in [0.29, 0.717) is 6.54 Å². The van der Waals surface area contributed by atoms with Crippen molar-refractivity contribution in [3.63, 3.8) is 0 Å². The molecule has 0 amide bonds. The molecule has 24 heavy (non-hydrogen) atoms. The summed E-state index contributed by atoms with van der Waals surface area (Å²) in [7, 11) is 0. The highest BCUT2D eigenvalue weighted by atomic mass is 15.2. The van der Waals surface area contributed by atoms with Crippen LogP contribution in [0.2, 0.25) is 0 Å². The third kappa shape index (κ3) is 3.87. The first-order chi connectivity index (χ1) is 11.8. The average molecular weight is 319 g/mol. The van der Waals surface area contributed by atoms with Crippen LogP contribution < -0.4 is 10.2 Å². The summed E-state index contributed by atoms with van der Waals surface area (Å²) in [6.07, 6.45) is 3.62. The Kier molecular flexibility index (Phi) is 5.01. The Morgan fingerprint density at radius 2 is 1.88 bits per heavy atom. The third-order valence-corrected chi connectivity index (χ3v) is 3.68. The molecule has 1 aromatic carbocycles. The summed E-state index contributed by atoms with van der Waals surface area (Å²) in [6.45, 7) is 5.55. The second-order valence-electron chi connectivity index (χ2n) is 5.45. The van der Waals surface area contributed by atoms with Gasteiger partial charge in [0.2, 0.25) is 0 Å². The summed E-state index contributed by atoms with van der Waals surface area (Å²) >= 11 is 0. The van der Waals surface area contributed by atoms with Gasteiger partial charge in [-0.25, -0.2) is 9.97 Å². The van der Waals surface area contributed by atoms with Crippen molar-refractivity contribution in [3.05, 3.63) is 72.3 Å². The van der Waals surface area contributed by atoms with Crippen LogP contribution in [0, 0.1) is 6.92 Å². The van der Waals surface area contributed by atoms with E-state index in [1.165, 1.54) is 0 Å². The molecular weight excluding hydrogens is 298 g/mol. The summed E-state index contributed by atoms with van der Waals surface area (Å²) in [5.74, 6) is 2.45. The molecule has 0 saturated heterocycles. The zero-order valence-corrected chi connectivity index (χ0v) is 14.0. The lowest BCUT2D eigenvalue weighted by atomic mass is 10.2. The van der Waals surface area contributed by atoms with Crippen molar-refractivity contribution in [2.24, 2.45) is 0 Å². The number of pyridine rings is 1. The number of aromatic nitrogens is 3. The Hall–Kier alpha value is -2.95. The summed E-state index contributed by atoms with van der Waals surface area (Å²) in [5, 5.41) is 3.35. The molecule has 0 aliphatic rings. The van der Waals surface area contributed by atoms with Crippen LogP contribution in [0.3, 0.4) is 0 Å². The molecule has 0 aliphatic heterocycles. The van der Waals surface area contributed by atoms with Crippen LogP contribution in [0.4, 0.5) is 17.3 Å². The number of para-hydroxylation sites is 1. The van der Waals surface area contributed by atoms with Crippen molar-refractivity contribution in [1.82, 2.24) is 15.0 Å².